The molecule has 0 amide bonds. The second-order valence-corrected chi connectivity index (χ2v) is 6.11. The zero-order chi connectivity index (χ0) is 15.1. The van der Waals surface area contributed by atoms with Crippen molar-refractivity contribution in [2.45, 2.75) is 87.0 Å². The molecule has 1 aliphatic carbocycles. The van der Waals surface area contributed by atoms with Crippen molar-refractivity contribution in [2.75, 3.05) is 13.1 Å². The van der Waals surface area contributed by atoms with Gasteiger partial charge in [0.15, 0.2) is 0 Å². The third-order valence-electron chi connectivity index (χ3n) is 4.06. The average molecular weight is 272 g/mol. The minimum atomic E-state index is 0.832. The van der Waals surface area contributed by atoms with E-state index in [2.05, 4.69) is 39.9 Å². The largest absolute Gasteiger partial charge is 0.317 e. The normalized spacial score (nSPS) is 17.1. The minimum absolute atomic E-state index is 0.832. The van der Waals surface area contributed by atoms with E-state index in [1.807, 2.05) is 13.8 Å². The molecule has 1 aliphatic rings. The van der Waals surface area contributed by atoms with Crippen LogP contribution in [0, 0.1) is 17.8 Å². The quantitative estimate of drug-likeness (QED) is 0.615. The lowest BCUT2D eigenvalue weighted by Crippen LogP contribution is -2.18. The Morgan fingerprint density at radius 2 is 1.53 bits per heavy atom. The van der Waals surface area contributed by atoms with Crippen LogP contribution in [0.15, 0.2) is 0 Å². The Morgan fingerprint density at radius 1 is 1.00 bits per heavy atom. The van der Waals surface area contributed by atoms with Crippen LogP contribution in [0.2, 0.25) is 0 Å². The summed E-state index contributed by atoms with van der Waals surface area (Å²) in [6.45, 7) is 17.7. The van der Waals surface area contributed by atoms with Gasteiger partial charge in [-0.05, 0) is 37.3 Å². The zero-order valence-electron chi connectivity index (χ0n) is 14.9. The van der Waals surface area contributed by atoms with Gasteiger partial charge in [-0.2, -0.15) is 0 Å². The van der Waals surface area contributed by atoms with Gasteiger partial charge in [0.05, 0.1) is 0 Å². The van der Waals surface area contributed by atoms with Crippen molar-refractivity contribution in [3.63, 3.8) is 0 Å². The molecule has 0 heterocycles. The zero-order valence-corrected chi connectivity index (χ0v) is 14.9. The lowest BCUT2D eigenvalue weighted by atomic mass is 9.91. The highest BCUT2D eigenvalue weighted by molar-refractivity contribution is 4.59. The van der Waals surface area contributed by atoms with Gasteiger partial charge in [-0.3, -0.25) is 0 Å². The molecule has 0 saturated heterocycles. The number of hydrogen-bond acceptors (Lipinski definition) is 1. The van der Waals surface area contributed by atoms with Crippen molar-refractivity contribution < 1.29 is 0 Å². The van der Waals surface area contributed by atoms with Gasteiger partial charge in [0.2, 0.25) is 0 Å². The van der Waals surface area contributed by atoms with Crippen molar-refractivity contribution in [1.82, 2.24) is 5.32 Å². The molecule has 1 heteroatoms. The minimum Gasteiger partial charge on any atom is -0.317 e. The third kappa shape index (κ3) is 15.9. The molecule has 19 heavy (non-hydrogen) atoms. The maximum atomic E-state index is 3.33. The van der Waals surface area contributed by atoms with Crippen molar-refractivity contribution in [1.29, 1.82) is 0 Å². The molecule has 118 valence electrons. The molecule has 1 fully saturated rings. The lowest BCUT2D eigenvalue weighted by Gasteiger charge is -2.15. The molecule has 1 nitrogen and oxygen atoms in total. The molecule has 1 rings (SSSR count). The number of hydrogen-bond donors (Lipinski definition) is 1. The first kappa shape index (κ1) is 21.3. The maximum absolute atomic E-state index is 3.33. The summed E-state index contributed by atoms with van der Waals surface area (Å²) in [5.41, 5.74) is 0. The predicted molar refractivity (Wildman–Crippen MR) is 90.8 cm³/mol. The van der Waals surface area contributed by atoms with Crippen LogP contribution >= 0.6 is 0 Å². The van der Waals surface area contributed by atoms with E-state index in [0.717, 1.165) is 24.3 Å². The standard InChI is InChI=1S/C9H21N.C7H14.C2H6/c1-5-10-7-6-9(4)8(2)3;1-7-5-3-2-4-6-7;1-2/h8-10H,5-7H2,1-4H3;7H,2-6H2,1H3;1-2H3. The molecule has 1 saturated carbocycles. The molecule has 1 unspecified atom stereocenters. The molecular formula is C18H41N. The maximum Gasteiger partial charge on any atom is -0.00464 e. The SMILES string of the molecule is CC.CC1CCCCC1.CCNCCC(C)C(C)C. The first-order valence-electron chi connectivity index (χ1n) is 8.78. The summed E-state index contributed by atoms with van der Waals surface area (Å²) in [4.78, 5) is 0. The van der Waals surface area contributed by atoms with Gasteiger partial charge in [0.1, 0.15) is 0 Å². The Bertz CT molecular complexity index is 148. The monoisotopic (exact) mass is 271 g/mol. The molecule has 0 aromatic heterocycles. The van der Waals surface area contributed by atoms with Crippen LogP contribution in [0.4, 0.5) is 0 Å². The molecule has 0 radical (unpaired) electrons. The first-order chi connectivity index (χ1) is 9.07. The van der Waals surface area contributed by atoms with Crippen LogP contribution in [0.3, 0.4) is 0 Å². The predicted octanol–water partition coefficient (Wildman–Crippen LogP) is 5.89. The summed E-state index contributed by atoms with van der Waals surface area (Å²) in [5.74, 6) is 2.73. The molecule has 0 spiro atoms. The van der Waals surface area contributed by atoms with E-state index in [0.29, 0.717) is 0 Å². The molecular weight excluding hydrogens is 230 g/mol. The molecule has 0 aliphatic heterocycles. The van der Waals surface area contributed by atoms with Crippen LogP contribution in [0.25, 0.3) is 0 Å². The second kappa shape index (κ2) is 16.0. The summed E-state index contributed by atoms with van der Waals surface area (Å²) in [6, 6.07) is 0. The van der Waals surface area contributed by atoms with Crippen molar-refractivity contribution in [3.8, 4) is 0 Å². The van der Waals surface area contributed by atoms with Gasteiger partial charge in [-0.1, -0.05) is 80.6 Å². The number of nitrogens with one attached hydrogen (secondary N) is 1. The van der Waals surface area contributed by atoms with Gasteiger partial charge < -0.3 is 5.32 Å². The molecule has 0 aromatic rings. The van der Waals surface area contributed by atoms with Gasteiger partial charge in [0.25, 0.3) is 0 Å². The van der Waals surface area contributed by atoms with E-state index in [9.17, 15) is 0 Å². The van der Waals surface area contributed by atoms with Crippen LogP contribution in [-0.4, -0.2) is 13.1 Å². The van der Waals surface area contributed by atoms with E-state index >= 15 is 0 Å². The highest BCUT2D eigenvalue weighted by atomic mass is 14.8. The smallest absolute Gasteiger partial charge is 0.00464 e. The molecule has 1 atom stereocenters. The first-order valence-corrected chi connectivity index (χ1v) is 8.78. The third-order valence-corrected chi connectivity index (χ3v) is 4.06. The van der Waals surface area contributed by atoms with Crippen LogP contribution < -0.4 is 5.32 Å². The second-order valence-electron chi connectivity index (χ2n) is 6.11. The van der Waals surface area contributed by atoms with Gasteiger partial charge in [0, 0.05) is 0 Å². The van der Waals surface area contributed by atoms with E-state index in [1.165, 1.54) is 45.1 Å². The lowest BCUT2D eigenvalue weighted by molar-refractivity contribution is 0.385. The fourth-order valence-electron chi connectivity index (χ4n) is 2.15. The number of rotatable bonds is 5. The van der Waals surface area contributed by atoms with E-state index in [1.54, 1.807) is 0 Å². The van der Waals surface area contributed by atoms with Gasteiger partial charge >= 0.3 is 0 Å². The van der Waals surface area contributed by atoms with Crippen molar-refractivity contribution in [2.24, 2.45) is 17.8 Å². The Balaban J connectivity index is 0. The summed E-state index contributed by atoms with van der Waals surface area (Å²) >= 11 is 0. The molecule has 0 aromatic carbocycles. The fourth-order valence-corrected chi connectivity index (χ4v) is 2.15. The Morgan fingerprint density at radius 3 is 1.84 bits per heavy atom. The molecule has 0 bridgehead atoms. The summed E-state index contributed by atoms with van der Waals surface area (Å²) in [5, 5.41) is 3.33. The Labute approximate surface area is 123 Å². The summed E-state index contributed by atoms with van der Waals surface area (Å²) < 4.78 is 0. The molecule has 1 N–H and O–H groups in total. The van der Waals surface area contributed by atoms with E-state index in [-0.39, 0.29) is 0 Å². The highest BCUT2D eigenvalue weighted by Gasteiger charge is 2.06. The van der Waals surface area contributed by atoms with Gasteiger partial charge in [-0.15, -0.1) is 0 Å². The highest BCUT2D eigenvalue weighted by Crippen LogP contribution is 2.22. The van der Waals surface area contributed by atoms with Crippen LogP contribution in [0.1, 0.15) is 87.0 Å². The Kier molecular flexibility index (Phi) is 17.9. The van der Waals surface area contributed by atoms with E-state index < -0.39 is 0 Å². The van der Waals surface area contributed by atoms with Crippen molar-refractivity contribution >= 4 is 0 Å². The Hall–Kier alpha value is -0.0400. The summed E-state index contributed by atoms with van der Waals surface area (Å²) in [7, 11) is 0. The fraction of sp³-hybridized carbons (Fsp3) is 1.00. The van der Waals surface area contributed by atoms with Crippen LogP contribution in [0.5, 0.6) is 0 Å². The topological polar surface area (TPSA) is 12.0 Å². The van der Waals surface area contributed by atoms with Crippen LogP contribution in [-0.2, 0) is 0 Å². The average Bonchev–Trinajstić information content (AvgIpc) is 2.42. The van der Waals surface area contributed by atoms with Crippen molar-refractivity contribution in [3.05, 3.63) is 0 Å². The van der Waals surface area contributed by atoms with Gasteiger partial charge in [-0.25, -0.2) is 0 Å². The van der Waals surface area contributed by atoms with E-state index in [4.69, 9.17) is 0 Å². The summed E-state index contributed by atoms with van der Waals surface area (Å²) in [6.07, 6.45) is 8.75.